The maximum absolute atomic E-state index is 10.9. The predicted molar refractivity (Wildman–Crippen MR) is 67.2 cm³/mol. The molecule has 0 saturated heterocycles. The normalized spacial score (nSPS) is 19.2. The quantitative estimate of drug-likeness (QED) is 0.652. The molecule has 2 aromatic heterocycles. The van der Waals surface area contributed by atoms with Crippen LogP contribution in [0.2, 0.25) is 0 Å². The highest BCUT2D eigenvalue weighted by molar-refractivity contribution is 7.51. The van der Waals surface area contributed by atoms with Gasteiger partial charge in [0.15, 0.2) is 11.5 Å². The summed E-state index contributed by atoms with van der Waals surface area (Å²) in [5.41, 5.74) is 5.57. The number of aromatic nitrogens is 4. The van der Waals surface area contributed by atoms with Crippen molar-refractivity contribution in [3.8, 4) is 0 Å². The molecule has 2 rings (SSSR count). The van der Waals surface area contributed by atoms with Gasteiger partial charge in [-0.25, -0.2) is 15.0 Å². The Morgan fingerprint density at radius 2 is 2.42 bits per heavy atom. The van der Waals surface area contributed by atoms with Crippen LogP contribution < -0.4 is 5.73 Å². The van der Waals surface area contributed by atoms with Crippen molar-refractivity contribution in [1.82, 2.24) is 19.5 Å². The van der Waals surface area contributed by atoms with Gasteiger partial charge in [0.1, 0.15) is 18.2 Å². The van der Waals surface area contributed by atoms with E-state index in [1.807, 2.05) is 0 Å². The van der Waals surface area contributed by atoms with E-state index in [9.17, 15) is 4.57 Å². The minimum Gasteiger partial charge on any atom is -0.382 e. The molecule has 0 radical (unpaired) electrons. The first-order chi connectivity index (χ1) is 10.8. The van der Waals surface area contributed by atoms with Crippen LogP contribution in [0.15, 0.2) is 12.7 Å². The maximum Gasteiger partial charge on any atom is 0.350 e. The second kappa shape index (κ2) is 5.22. The van der Waals surface area contributed by atoms with Gasteiger partial charge in [0.25, 0.3) is 0 Å². The van der Waals surface area contributed by atoms with E-state index in [4.69, 9.17) is 27.1 Å². The average molecular weight is 292 g/mol. The van der Waals surface area contributed by atoms with Crippen LogP contribution in [0, 0.1) is 0 Å². The van der Waals surface area contributed by atoms with Crippen LogP contribution in [-0.4, -0.2) is 41.8 Å². The number of ether oxygens (including phenoxy) is 1. The molecule has 0 aliphatic rings. The summed E-state index contributed by atoms with van der Waals surface area (Å²) >= 11 is 0. The smallest absolute Gasteiger partial charge is 0.350 e. The molecule has 0 saturated carbocycles. The molecule has 0 spiro atoms. The van der Waals surface area contributed by atoms with Crippen LogP contribution in [0.25, 0.3) is 11.2 Å². The van der Waals surface area contributed by atoms with Gasteiger partial charge in [-0.05, 0) is 6.85 Å². The number of nitrogen functional groups attached to an aromatic ring is 1. The Balaban J connectivity index is 2.50. The summed E-state index contributed by atoms with van der Waals surface area (Å²) < 4.78 is 54.9. The van der Waals surface area contributed by atoms with E-state index in [0.717, 1.165) is 17.2 Å². The number of hydrogen-bond donors (Lipinski definition) is 3. The first kappa shape index (κ1) is 8.60. The summed E-state index contributed by atoms with van der Waals surface area (Å²) in [5.74, 6) is -0.0314. The SMILES string of the molecule is [2H]C([2H])([2H])[C@H](OCP(=O)(O)O)C([2H])([2H])n1cnc2c(N)ncnc21. The zero-order valence-electron chi connectivity index (χ0n) is 14.5. The van der Waals surface area contributed by atoms with Crippen LogP contribution in [0.3, 0.4) is 0 Å². The molecule has 1 atom stereocenters. The van der Waals surface area contributed by atoms with Crippen molar-refractivity contribution in [1.29, 1.82) is 0 Å². The summed E-state index contributed by atoms with van der Waals surface area (Å²) in [5, 5.41) is 0. The fourth-order valence-electron chi connectivity index (χ4n) is 1.28. The molecule has 0 amide bonds. The van der Waals surface area contributed by atoms with E-state index >= 15 is 0 Å². The fourth-order valence-corrected chi connectivity index (χ4v) is 1.63. The molecule has 104 valence electrons. The van der Waals surface area contributed by atoms with Crippen LogP contribution >= 0.6 is 7.60 Å². The third-order valence-corrected chi connectivity index (χ3v) is 2.51. The van der Waals surface area contributed by atoms with Gasteiger partial charge < -0.3 is 24.8 Å². The highest BCUT2D eigenvalue weighted by atomic mass is 31.2. The summed E-state index contributed by atoms with van der Waals surface area (Å²) in [6.45, 7) is -5.77. The number of nitrogens with two attached hydrogens (primary N) is 1. The number of imidazole rings is 1. The van der Waals surface area contributed by atoms with Gasteiger partial charge in [-0.1, -0.05) is 0 Å². The Labute approximate surface area is 115 Å². The molecular formula is C9H14N5O4P. The molecule has 4 N–H and O–H groups in total. The van der Waals surface area contributed by atoms with E-state index in [1.165, 1.54) is 0 Å². The first-order valence-electron chi connectivity index (χ1n) is 7.44. The van der Waals surface area contributed by atoms with Crippen molar-refractivity contribution < 1.29 is 25.9 Å². The number of anilines is 1. The molecule has 0 aliphatic heterocycles. The van der Waals surface area contributed by atoms with Crippen molar-refractivity contribution in [3.05, 3.63) is 12.7 Å². The molecule has 0 unspecified atom stereocenters. The monoisotopic (exact) mass is 292 g/mol. The van der Waals surface area contributed by atoms with E-state index in [-0.39, 0.29) is 17.0 Å². The van der Waals surface area contributed by atoms with Crippen molar-refractivity contribution in [3.63, 3.8) is 0 Å². The largest absolute Gasteiger partial charge is 0.382 e. The van der Waals surface area contributed by atoms with Crippen molar-refractivity contribution in [2.45, 2.75) is 19.5 Å². The van der Waals surface area contributed by atoms with Gasteiger partial charge in [0.2, 0.25) is 0 Å². The van der Waals surface area contributed by atoms with Crippen LogP contribution in [0.1, 0.15) is 13.7 Å². The van der Waals surface area contributed by atoms with E-state index in [0.29, 0.717) is 0 Å². The lowest BCUT2D eigenvalue weighted by Gasteiger charge is -2.14. The number of nitrogens with zero attached hydrogens (tertiary/aromatic N) is 4. The molecule has 0 bridgehead atoms. The standard InChI is InChI=1S/C9H14N5O4P/c1-6(18-5-19(15,16)17)2-14-4-13-7-8(10)11-3-12-9(7)14/h3-4,6H,2,5H2,1H3,(H2,10,11,12)(H2,15,16,17)/t6-/m0/s1/i1D3,2D2. The highest BCUT2D eigenvalue weighted by Crippen LogP contribution is 2.34. The van der Waals surface area contributed by atoms with Gasteiger partial charge in [-0.15, -0.1) is 0 Å². The fraction of sp³-hybridized carbons (Fsp3) is 0.444. The van der Waals surface area contributed by atoms with Gasteiger partial charge in [0.05, 0.1) is 21.7 Å². The minimum atomic E-state index is -4.70. The Hall–Kier alpha value is -1.54. The Morgan fingerprint density at radius 3 is 3.11 bits per heavy atom. The molecule has 9 nitrogen and oxygen atoms in total. The van der Waals surface area contributed by atoms with E-state index < -0.39 is 33.4 Å². The Morgan fingerprint density at radius 1 is 1.63 bits per heavy atom. The van der Waals surface area contributed by atoms with Crippen LogP contribution in [0.4, 0.5) is 5.82 Å². The zero-order chi connectivity index (χ0) is 18.3. The topological polar surface area (TPSA) is 136 Å². The average Bonchev–Trinajstić information content (AvgIpc) is 2.81. The maximum atomic E-state index is 10.9. The molecule has 0 aliphatic carbocycles. The second-order valence-electron chi connectivity index (χ2n) is 3.52. The van der Waals surface area contributed by atoms with E-state index in [2.05, 4.69) is 15.0 Å². The molecular weight excluding hydrogens is 273 g/mol. The number of hydrogen-bond acceptors (Lipinski definition) is 6. The van der Waals surface area contributed by atoms with Crippen molar-refractivity contribution in [2.75, 3.05) is 12.1 Å². The van der Waals surface area contributed by atoms with Crippen molar-refractivity contribution >= 4 is 24.6 Å². The number of fused-ring (bicyclic) bond motifs is 1. The summed E-state index contributed by atoms with van der Waals surface area (Å²) in [4.78, 5) is 29.1. The number of rotatable bonds is 5. The molecule has 0 aromatic carbocycles. The van der Waals surface area contributed by atoms with Gasteiger partial charge in [-0.3, -0.25) is 4.57 Å². The lowest BCUT2D eigenvalue weighted by molar-refractivity contribution is 0.0764. The lowest BCUT2D eigenvalue weighted by atomic mass is 10.4. The lowest BCUT2D eigenvalue weighted by Crippen LogP contribution is -2.17. The summed E-state index contributed by atoms with van der Waals surface area (Å²) in [7, 11) is -4.70. The molecule has 19 heavy (non-hydrogen) atoms. The predicted octanol–water partition coefficient (Wildman–Crippen LogP) is -0.0512. The van der Waals surface area contributed by atoms with Gasteiger partial charge >= 0.3 is 7.60 Å². The Kier molecular flexibility index (Phi) is 2.36. The van der Waals surface area contributed by atoms with E-state index in [1.54, 1.807) is 0 Å². The Bertz CT molecular complexity index is 790. The minimum absolute atomic E-state index is 0.0314. The van der Waals surface area contributed by atoms with Crippen LogP contribution in [0.5, 0.6) is 0 Å². The van der Waals surface area contributed by atoms with Gasteiger partial charge in [0, 0.05) is 4.11 Å². The summed E-state index contributed by atoms with van der Waals surface area (Å²) in [6, 6.07) is 0. The third-order valence-electron chi connectivity index (χ3n) is 2.03. The zero-order valence-corrected chi connectivity index (χ0v) is 10.4. The van der Waals surface area contributed by atoms with Gasteiger partial charge in [-0.2, -0.15) is 0 Å². The molecule has 10 heteroatoms. The third kappa shape index (κ3) is 3.48. The highest BCUT2D eigenvalue weighted by Gasteiger charge is 2.16. The first-order valence-corrected chi connectivity index (χ1v) is 6.74. The van der Waals surface area contributed by atoms with Crippen molar-refractivity contribution in [2.24, 2.45) is 0 Å². The van der Waals surface area contributed by atoms with Crippen LogP contribution in [-0.2, 0) is 15.8 Å². The second-order valence-corrected chi connectivity index (χ2v) is 5.10. The molecule has 2 heterocycles. The summed E-state index contributed by atoms with van der Waals surface area (Å²) in [6.07, 6.45) is -1.42. The molecule has 0 fully saturated rings. The molecule has 2 aromatic rings.